The van der Waals surface area contributed by atoms with E-state index in [1.165, 1.54) is 102 Å². The van der Waals surface area contributed by atoms with Crippen molar-refractivity contribution in [3.8, 4) is 0 Å². The smallest absolute Gasteiger partial charge is 0.0937 e. The van der Waals surface area contributed by atoms with Gasteiger partial charge in [0.05, 0.1) is 18.6 Å². The molecule has 4 aliphatic carbocycles. The zero-order valence-corrected chi connectivity index (χ0v) is 21.3. The maximum absolute atomic E-state index is 6.48. The third-order valence-corrected chi connectivity index (χ3v) is 11.7. The first-order valence-electron chi connectivity index (χ1n) is 14.4. The van der Waals surface area contributed by atoms with Crippen molar-refractivity contribution in [2.75, 3.05) is 26.2 Å². The molecule has 2 heterocycles. The van der Waals surface area contributed by atoms with Gasteiger partial charge in [-0.05, 0) is 142 Å². The van der Waals surface area contributed by atoms with Crippen LogP contribution < -0.4 is 0 Å². The summed E-state index contributed by atoms with van der Waals surface area (Å²) in [6.45, 7) is 10.2. The lowest BCUT2D eigenvalue weighted by Crippen LogP contribution is -2.53. The minimum Gasteiger partial charge on any atom is -0.472 e. The van der Waals surface area contributed by atoms with E-state index in [1.54, 1.807) is 0 Å². The summed E-state index contributed by atoms with van der Waals surface area (Å²) < 4.78 is 12.0. The molecule has 5 fully saturated rings. The summed E-state index contributed by atoms with van der Waals surface area (Å²) in [5.41, 5.74) is 2.53. The SMILES string of the molecule is C[C@]12CC[C@H](OCCCN3CCCC3)C[C@H]1CC[C@H]1[C@H]3CC[C@H](c4ccoc4)[C@@]3(C)CC[C@@H]12. The van der Waals surface area contributed by atoms with E-state index in [9.17, 15) is 0 Å². The van der Waals surface area contributed by atoms with E-state index >= 15 is 0 Å². The van der Waals surface area contributed by atoms with Crippen molar-refractivity contribution in [1.29, 1.82) is 0 Å². The molecule has 8 atom stereocenters. The Kier molecular flexibility index (Phi) is 6.18. The molecule has 0 N–H and O–H groups in total. The van der Waals surface area contributed by atoms with Gasteiger partial charge in [0, 0.05) is 13.2 Å². The summed E-state index contributed by atoms with van der Waals surface area (Å²) >= 11 is 0. The zero-order chi connectivity index (χ0) is 22.5. The monoisotopic (exact) mass is 453 g/mol. The van der Waals surface area contributed by atoms with Crippen molar-refractivity contribution in [3.63, 3.8) is 0 Å². The van der Waals surface area contributed by atoms with Gasteiger partial charge in [-0.2, -0.15) is 0 Å². The summed E-state index contributed by atoms with van der Waals surface area (Å²) in [4.78, 5) is 2.62. The average Bonchev–Trinajstić information content (AvgIpc) is 3.57. The summed E-state index contributed by atoms with van der Waals surface area (Å²) in [6.07, 6.45) is 21.1. The van der Waals surface area contributed by atoms with E-state index in [4.69, 9.17) is 9.15 Å². The van der Waals surface area contributed by atoms with Crippen LogP contribution in [0.4, 0.5) is 0 Å². The lowest BCUT2D eigenvalue weighted by Gasteiger charge is -2.61. The van der Waals surface area contributed by atoms with Gasteiger partial charge in [-0.3, -0.25) is 0 Å². The standard InChI is InChI=1S/C30H47NO2/c1-29-13-10-24(33-18-5-17-31-15-3-4-16-31)20-23(29)6-7-25-27-9-8-26(22-12-19-32-21-22)30(27,2)14-11-28(25)29/h12,19,21,23-28H,3-11,13-18,20H2,1-2H3/t23-,24+,25+,26-,27-,28+,29+,30-/m1/s1. The Hall–Kier alpha value is -0.800. The number of hydrogen-bond donors (Lipinski definition) is 0. The van der Waals surface area contributed by atoms with Crippen LogP contribution in [0.3, 0.4) is 0 Å². The molecule has 33 heavy (non-hydrogen) atoms. The predicted octanol–water partition coefficient (Wildman–Crippen LogP) is 7.28. The zero-order valence-electron chi connectivity index (χ0n) is 21.3. The number of hydrogen-bond acceptors (Lipinski definition) is 3. The van der Waals surface area contributed by atoms with Crippen LogP contribution in [0.2, 0.25) is 0 Å². The van der Waals surface area contributed by atoms with Gasteiger partial charge in [-0.1, -0.05) is 13.8 Å². The molecular formula is C30H47NO2. The maximum atomic E-state index is 6.48. The number of furan rings is 1. The summed E-state index contributed by atoms with van der Waals surface area (Å²) in [5, 5.41) is 0. The summed E-state index contributed by atoms with van der Waals surface area (Å²) in [5.74, 6) is 4.45. The first kappa shape index (κ1) is 22.7. The molecule has 1 aromatic rings. The number of likely N-dealkylation sites (tertiary alicyclic amines) is 1. The molecule has 5 aliphatic rings. The van der Waals surface area contributed by atoms with Gasteiger partial charge < -0.3 is 14.1 Å². The van der Waals surface area contributed by atoms with E-state index in [1.807, 2.05) is 12.5 Å². The Labute approximate surface area is 202 Å². The number of fused-ring (bicyclic) bond motifs is 5. The van der Waals surface area contributed by atoms with Gasteiger partial charge in [0.2, 0.25) is 0 Å². The fourth-order valence-corrected chi connectivity index (χ4v) is 9.94. The van der Waals surface area contributed by atoms with Crippen molar-refractivity contribution in [3.05, 3.63) is 24.2 Å². The third-order valence-electron chi connectivity index (χ3n) is 11.7. The van der Waals surface area contributed by atoms with Crippen molar-refractivity contribution in [1.82, 2.24) is 4.90 Å². The topological polar surface area (TPSA) is 25.6 Å². The van der Waals surface area contributed by atoms with Crippen LogP contribution in [0.15, 0.2) is 23.0 Å². The van der Waals surface area contributed by atoms with Gasteiger partial charge in [-0.25, -0.2) is 0 Å². The molecule has 4 saturated carbocycles. The second-order valence-corrected chi connectivity index (χ2v) is 13.1. The molecule has 0 aromatic carbocycles. The Morgan fingerprint density at radius 3 is 2.61 bits per heavy atom. The van der Waals surface area contributed by atoms with Crippen LogP contribution in [0, 0.1) is 34.5 Å². The van der Waals surface area contributed by atoms with Crippen LogP contribution in [0.25, 0.3) is 0 Å². The normalized spacial score (nSPS) is 45.5. The Morgan fingerprint density at radius 2 is 1.79 bits per heavy atom. The number of ether oxygens (including phenoxy) is 1. The fraction of sp³-hybridized carbons (Fsp3) is 0.867. The third kappa shape index (κ3) is 3.94. The molecule has 0 radical (unpaired) electrons. The van der Waals surface area contributed by atoms with Gasteiger partial charge >= 0.3 is 0 Å². The molecule has 184 valence electrons. The minimum atomic E-state index is 0.490. The highest BCUT2D eigenvalue weighted by Gasteiger charge is 2.60. The predicted molar refractivity (Wildman–Crippen MR) is 133 cm³/mol. The van der Waals surface area contributed by atoms with Crippen molar-refractivity contribution in [2.24, 2.45) is 34.5 Å². The van der Waals surface area contributed by atoms with Crippen LogP contribution in [-0.4, -0.2) is 37.2 Å². The van der Waals surface area contributed by atoms with Gasteiger partial charge in [-0.15, -0.1) is 0 Å². The molecule has 1 aliphatic heterocycles. The van der Waals surface area contributed by atoms with E-state index in [-0.39, 0.29) is 0 Å². The van der Waals surface area contributed by atoms with E-state index < -0.39 is 0 Å². The second kappa shape index (κ2) is 9.01. The fourth-order valence-electron chi connectivity index (χ4n) is 9.94. The largest absolute Gasteiger partial charge is 0.472 e. The highest BCUT2D eigenvalue weighted by Crippen LogP contribution is 2.69. The van der Waals surface area contributed by atoms with Gasteiger partial charge in [0.15, 0.2) is 0 Å². The number of nitrogens with zero attached hydrogens (tertiary/aromatic N) is 1. The van der Waals surface area contributed by atoms with Crippen LogP contribution in [0.1, 0.15) is 102 Å². The average molecular weight is 454 g/mol. The lowest BCUT2D eigenvalue weighted by molar-refractivity contribution is -0.131. The molecule has 1 aromatic heterocycles. The van der Waals surface area contributed by atoms with Crippen molar-refractivity contribution < 1.29 is 9.15 Å². The van der Waals surface area contributed by atoms with E-state index in [0.29, 0.717) is 16.9 Å². The Bertz CT molecular complexity index is 785. The van der Waals surface area contributed by atoms with Gasteiger partial charge in [0.1, 0.15) is 0 Å². The second-order valence-electron chi connectivity index (χ2n) is 13.1. The highest BCUT2D eigenvalue weighted by molar-refractivity contribution is 5.22. The van der Waals surface area contributed by atoms with Gasteiger partial charge in [0.25, 0.3) is 0 Å². The first-order valence-corrected chi connectivity index (χ1v) is 14.4. The van der Waals surface area contributed by atoms with E-state index in [2.05, 4.69) is 24.8 Å². The first-order chi connectivity index (χ1) is 16.1. The molecule has 0 spiro atoms. The van der Waals surface area contributed by atoms with Crippen LogP contribution in [-0.2, 0) is 4.74 Å². The molecule has 0 amide bonds. The van der Waals surface area contributed by atoms with Crippen molar-refractivity contribution in [2.45, 2.75) is 103 Å². The minimum absolute atomic E-state index is 0.490. The van der Waals surface area contributed by atoms with Crippen LogP contribution in [0.5, 0.6) is 0 Å². The molecular weight excluding hydrogens is 406 g/mol. The van der Waals surface area contributed by atoms with Crippen LogP contribution >= 0.6 is 0 Å². The maximum Gasteiger partial charge on any atom is 0.0937 e. The summed E-state index contributed by atoms with van der Waals surface area (Å²) in [6, 6.07) is 2.25. The molecule has 0 unspecified atom stereocenters. The highest BCUT2D eigenvalue weighted by atomic mass is 16.5. The lowest BCUT2D eigenvalue weighted by atomic mass is 9.44. The van der Waals surface area contributed by atoms with E-state index in [0.717, 1.165) is 36.2 Å². The van der Waals surface area contributed by atoms with Crippen molar-refractivity contribution >= 4 is 0 Å². The quantitative estimate of drug-likeness (QED) is 0.423. The Morgan fingerprint density at radius 1 is 0.970 bits per heavy atom. The number of rotatable bonds is 6. The molecule has 3 heteroatoms. The Balaban J connectivity index is 1.07. The summed E-state index contributed by atoms with van der Waals surface area (Å²) in [7, 11) is 0. The molecule has 6 rings (SSSR count). The molecule has 0 bridgehead atoms. The molecule has 1 saturated heterocycles. The molecule has 3 nitrogen and oxygen atoms in total.